The van der Waals surface area contributed by atoms with Crippen molar-refractivity contribution in [3.8, 4) is 5.75 Å². The van der Waals surface area contributed by atoms with Gasteiger partial charge in [-0.2, -0.15) is 0 Å². The summed E-state index contributed by atoms with van der Waals surface area (Å²) in [5.41, 5.74) is 1.14. The van der Waals surface area contributed by atoms with Crippen molar-refractivity contribution in [2.24, 2.45) is 5.92 Å². The Balaban J connectivity index is 2.09. The maximum atomic E-state index is 11.6. The molecular weight excluding hydrogens is 268 g/mol. The molecule has 1 aromatic rings. The molecule has 0 fully saturated rings. The predicted octanol–water partition coefficient (Wildman–Crippen LogP) is 2.03. The van der Waals surface area contributed by atoms with Crippen LogP contribution >= 0.6 is 0 Å². The Hall–Kier alpha value is -1.75. The van der Waals surface area contributed by atoms with Crippen LogP contribution in [0.1, 0.15) is 32.3 Å². The minimum Gasteiger partial charge on any atom is -0.508 e. The Morgan fingerprint density at radius 1 is 1.19 bits per heavy atom. The van der Waals surface area contributed by atoms with Gasteiger partial charge in [-0.05, 0) is 49.8 Å². The third-order valence-corrected chi connectivity index (χ3v) is 3.22. The molecule has 0 saturated carbocycles. The Labute approximate surface area is 126 Å². The van der Waals surface area contributed by atoms with Crippen LogP contribution in [0.15, 0.2) is 24.3 Å². The molecule has 5 heteroatoms. The van der Waals surface area contributed by atoms with E-state index >= 15 is 0 Å². The first kappa shape index (κ1) is 17.3. The molecular formula is C16H26N2O3. The van der Waals surface area contributed by atoms with Crippen molar-refractivity contribution >= 4 is 6.03 Å². The number of aliphatic hydroxyl groups excluding tert-OH is 1. The standard InChI is InChI=1S/C16H26N2O3/c1-12(10-13(2)19)11-18-16(21)17-9-3-4-14-5-7-15(20)8-6-14/h5-8,12-13,19-20H,3-4,9-11H2,1-2H3,(H2,17,18,21). The molecule has 1 aromatic carbocycles. The average molecular weight is 294 g/mol. The van der Waals surface area contributed by atoms with Gasteiger partial charge in [0.1, 0.15) is 5.75 Å². The van der Waals surface area contributed by atoms with Gasteiger partial charge in [0.05, 0.1) is 6.10 Å². The molecule has 1 rings (SSSR count). The SMILES string of the molecule is CC(O)CC(C)CNC(=O)NCCCc1ccc(O)cc1. The lowest BCUT2D eigenvalue weighted by molar-refractivity contribution is 0.163. The monoisotopic (exact) mass is 294 g/mol. The van der Waals surface area contributed by atoms with Crippen molar-refractivity contribution in [2.75, 3.05) is 13.1 Å². The molecule has 0 aliphatic carbocycles. The van der Waals surface area contributed by atoms with Gasteiger partial charge in [-0.15, -0.1) is 0 Å². The highest BCUT2D eigenvalue weighted by molar-refractivity contribution is 5.73. The van der Waals surface area contributed by atoms with Crippen LogP contribution in [0.25, 0.3) is 0 Å². The zero-order chi connectivity index (χ0) is 15.7. The number of amides is 2. The summed E-state index contributed by atoms with van der Waals surface area (Å²) >= 11 is 0. The molecule has 0 saturated heterocycles. The van der Waals surface area contributed by atoms with Gasteiger partial charge in [-0.1, -0.05) is 19.1 Å². The van der Waals surface area contributed by atoms with E-state index in [0.29, 0.717) is 19.5 Å². The van der Waals surface area contributed by atoms with E-state index < -0.39 is 0 Å². The minimum absolute atomic E-state index is 0.168. The molecule has 2 amide bonds. The highest BCUT2D eigenvalue weighted by Gasteiger charge is 2.07. The lowest BCUT2D eigenvalue weighted by atomic mass is 10.1. The number of aryl methyl sites for hydroxylation is 1. The summed E-state index contributed by atoms with van der Waals surface area (Å²) in [5, 5.41) is 24.0. The van der Waals surface area contributed by atoms with E-state index in [1.165, 1.54) is 0 Å². The Bertz CT molecular complexity index is 418. The summed E-state index contributed by atoms with van der Waals surface area (Å²) in [4.78, 5) is 11.6. The summed E-state index contributed by atoms with van der Waals surface area (Å²) < 4.78 is 0. The van der Waals surface area contributed by atoms with Crippen LogP contribution in [0.4, 0.5) is 4.79 Å². The number of phenolic OH excluding ortho intramolecular Hbond substituents is 1. The van der Waals surface area contributed by atoms with Gasteiger partial charge in [0, 0.05) is 13.1 Å². The van der Waals surface area contributed by atoms with E-state index in [1.54, 1.807) is 19.1 Å². The summed E-state index contributed by atoms with van der Waals surface area (Å²) in [6, 6.07) is 6.93. The second kappa shape index (κ2) is 9.23. The number of carbonyl (C=O) groups excluding carboxylic acids is 1. The second-order valence-electron chi connectivity index (χ2n) is 5.60. The summed E-state index contributed by atoms with van der Waals surface area (Å²) in [6.45, 7) is 4.92. The van der Waals surface area contributed by atoms with E-state index in [-0.39, 0.29) is 23.8 Å². The molecule has 118 valence electrons. The van der Waals surface area contributed by atoms with Crippen LogP contribution in [-0.2, 0) is 6.42 Å². The van der Waals surface area contributed by atoms with E-state index in [2.05, 4.69) is 10.6 Å². The van der Waals surface area contributed by atoms with Crippen molar-refractivity contribution in [3.05, 3.63) is 29.8 Å². The molecule has 21 heavy (non-hydrogen) atoms. The van der Waals surface area contributed by atoms with Crippen LogP contribution in [-0.4, -0.2) is 35.4 Å². The quantitative estimate of drug-likeness (QED) is 0.554. The van der Waals surface area contributed by atoms with Crippen LogP contribution in [0.5, 0.6) is 5.75 Å². The topological polar surface area (TPSA) is 81.6 Å². The van der Waals surface area contributed by atoms with Gasteiger partial charge in [0.2, 0.25) is 0 Å². The molecule has 0 aliphatic rings. The second-order valence-corrected chi connectivity index (χ2v) is 5.60. The van der Waals surface area contributed by atoms with Gasteiger partial charge < -0.3 is 20.8 Å². The number of rotatable bonds is 8. The number of benzene rings is 1. The molecule has 0 radical (unpaired) electrons. The number of phenols is 1. The Morgan fingerprint density at radius 3 is 2.48 bits per heavy atom. The molecule has 0 heterocycles. The fourth-order valence-electron chi connectivity index (χ4n) is 2.15. The Kier molecular flexibility index (Phi) is 7.61. The third kappa shape index (κ3) is 8.19. The number of hydrogen-bond donors (Lipinski definition) is 4. The highest BCUT2D eigenvalue weighted by Crippen LogP contribution is 2.10. The summed E-state index contributed by atoms with van der Waals surface area (Å²) in [5.74, 6) is 0.523. The zero-order valence-electron chi connectivity index (χ0n) is 12.8. The third-order valence-electron chi connectivity index (χ3n) is 3.22. The van der Waals surface area contributed by atoms with Crippen LogP contribution < -0.4 is 10.6 Å². The van der Waals surface area contributed by atoms with Gasteiger partial charge in [0.25, 0.3) is 0 Å². The van der Waals surface area contributed by atoms with E-state index in [9.17, 15) is 15.0 Å². The predicted molar refractivity (Wildman–Crippen MR) is 83.3 cm³/mol. The maximum absolute atomic E-state index is 11.6. The first-order valence-electron chi connectivity index (χ1n) is 7.45. The number of carbonyl (C=O) groups is 1. The number of aliphatic hydroxyl groups is 1. The molecule has 5 nitrogen and oxygen atoms in total. The zero-order valence-corrected chi connectivity index (χ0v) is 12.8. The van der Waals surface area contributed by atoms with Crippen molar-refractivity contribution in [2.45, 2.75) is 39.2 Å². The molecule has 2 atom stereocenters. The number of nitrogens with one attached hydrogen (secondary N) is 2. The first-order valence-corrected chi connectivity index (χ1v) is 7.45. The molecule has 0 aromatic heterocycles. The summed E-state index contributed by atoms with van der Waals surface area (Å²) in [7, 11) is 0. The summed E-state index contributed by atoms with van der Waals surface area (Å²) in [6.07, 6.45) is 2.05. The van der Waals surface area contributed by atoms with E-state index in [0.717, 1.165) is 18.4 Å². The van der Waals surface area contributed by atoms with Crippen LogP contribution in [0.3, 0.4) is 0 Å². The van der Waals surface area contributed by atoms with Gasteiger partial charge in [-0.25, -0.2) is 4.79 Å². The lowest BCUT2D eigenvalue weighted by Crippen LogP contribution is -2.38. The van der Waals surface area contributed by atoms with Crippen molar-refractivity contribution in [1.82, 2.24) is 10.6 Å². The maximum Gasteiger partial charge on any atom is 0.314 e. The van der Waals surface area contributed by atoms with Gasteiger partial charge >= 0.3 is 6.03 Å². The highest BCUT2D eigenvalue weighted by atomic mass is 16.3. The normalized spacial score (nSPS) is 13.5. The van der Waals surface area contributed by atoms with Gasteiger partial charge in [0.15, 0.2) is 0 Å². The minimum atomic E-state index is -0.338. The molecule has 0 bridgehead atoms. The van der Waals surface area contributed by atoms with Crippen LogP contribution in [0.2, 0.25) is 0 Å². The number of aromatic hydroxyl groups is 1. The van der Waals surface area contributed by atoms with E-state index in [1.807, 2.05) is 19.1 Å². The van der Waals surface area contributed by atoms with Crippen molar-refractivity contribution in [3.63, 3.8) is 0 Å². The fourth-order valence-corrected chi connectivity index (χ4v) is 2.15. The lowest BCUT2D eigenvalue weighted by Gasteiger charge is -2.14. The van der Waals surface area contributed by atoms with Crippen LogP contribution in [0, 0.1) is 5.92 Å². The molecule has 4 N–H and O–H groups in total. The Morgan fingerprint density at radius 2 is 1.86 bits per heavy atom. The number of hydrogen-bond acceptors (Lipinski definition) is 3. The van der Waals surface area contributed by atoms with E-state index in [4.69, 9.17) is 0 Å². The van der Waals surface area contributed by atoms with Gasteiger partial charge in [-0.3, -0.25) is 0 Å². The number of urea groups is 1. The average Bonchev–Trinajstić information content (AvgIpc) is 2.42. The molecule has 0 spiro atoms. The molecule has 2 unspecified atom stereocenters. The van der Waals surface area contributed by atoms with Crippen molar-refractivity contribution in [1.29, 1.82) is 0 Å². The largest absolute Gasteiger partial charge is 0.508 e. The van der Waals surface area contributed by atoms with Crippen molar-refractivity contribution < 1.29 is 15.0 Å². The first-order chi connectivity index (χ1) is 9.97. The molecule has 0 aliphatic heterocycles. The smallest absolute Gasteiger partial charge is 0.314 e. The fraction of sp³-hybridized carbons (Fsp3) is 0.562.